The average molecular weight is 413 g/mol. The fourth-order valence-electron chi connectivity index (χ4n) is 3.97. The summed E-state index contributed by atoms with van der Waals surface area (Å²) in [7, 11) is -3.27. The summed E-state index contributed by atoms with van der Waals surface area (Å²) in [5, 5.41) is 4.03. The number of benzene rings is 1. The van der Waals surface area contributed by atoms with Crippen molar-refractivity contribution in [1.82, 2.24) is 14.5 Å². The maximum atomic E-state index is 12.7. The zero-order valence-corrected chi connectivity index (χ0v) is 17.6. The van der Waals surface area contributed by atoms with Crippen LogP contribution in [0.2, 0.25) is 0 Å². The highest BCUT2D eigenvalue weighted by atomic mass is 32.2. The fraction of sp³-hybridized carbons (Fsp3) is 0.381. The van der Waals surface area contributed by atoms with Gasteiger partial charge in [0.15, 0.2) is 9.84 Å². The molecule has 1 aliphatic rings. The molecule has 29 heavy (non-hydrogen) atoms. The summed E-state index contributed by atoms with van der Waals surface area (Å²) in [5.74, 6) is 0.379. The number of nitrogens with one attached hydrogen (secondary N) is 1. The molecule has 0 aliphatic heterocycles. The molecule has 0 saturated heterocycles. The van der Waals surface area contributed by atoms with Gasteiger partial charge >= 0.3 is 0 Å². The van der Waals surface area contributed by atoms with E-state index < -0.39 is 9.84 Å². The molecule has 8 heteroatoms. The molecule has 0 atom stereocenters. The van der Waals surface area contributed by atoms with Gasteiger partial charge in [-0.15, -0.1) is 0 Å². The molecule has 1 aliphatic carbocycles. The van der Waals surface area contributed by atoms with Crippen LogP contribution in [-0.4, -0.2) is 29.2 Å². The Bertz CT molecular complexity index is 1260. The van der Waals surface area contributed by atoms with Crippen molar-refractivity contribution in [3.8, 4) is 0 Å². The van der Waals surface area contributed by atoms with Crippen LogP contribution in [-0.2, 0) is 9.84 Å². The zero-order chi connectivity index (χ0) is 20.8. The van der Waals surface area contributed by atoms with Crippen LogP contribution >= 0.6 is 0 Å². The van der Waals surface area contributed by atoms with Crippen molar-refractivity contribution in [2.45, 2.75) is 50.5 Å². The third-order valence-electron chi connectivity index (χ3n) is 5.56. The van der Waals surface area contributed by atoms with Crippen LogP contribution in [0, 0.1) is 13.8 Å². The lowest BCUT2D eigenvalue weighted by atomic mass is 10.1. The Kier molecular flexibility index (Phi) is 4.90. The lowest BCUT2D eigenvalue weighted by Gasteiger charge is -2.17. The van der Waals surface area contributed by atoms with Crippen molar-refractivity contribution in [3.05, 3.63) is 51.9 Å². The number of aromatic nitrogens is 3. The van der Waals surface area contributed by atoms with Crippen molar-refractivity contribution in [1.29, 1.82) is 0 Å². The molecule has 0 unspecified atom stereocenters. The standard InChI is InChI=1S/C21H24N4O3S/c1-13-11-19(26)25(15-6-4-5-7-15)20-17(13)12-22-21(24-20)23-18-9-8-16(10-14(18)2)29(3,27)28/h8-12,15H,4-7H2,1-3H3,(H,22,23,24). The number of aryl methyl sites for hydroxylation is 2. The van der Waals surface area contributed by atoms with Crippen LogP contribution in [0.15, 0.2) is 40.2 Å². The van der Waals surface area contributed by atoms with E-state index in [0.717, 1.165) is 47.9 Å². The molecule has 152 valence electrons. The Morgan fingerprint density at radius 3 is 2.48 bits per heavy atom. The topological polar surface area (TPSA) is 94.0 Å². The molecule has 0 spiro atoms. The molecule has 0 amide bonds. The van der Waals surface area contributed by atoms with Crippen LogP contribution in [0.4, 0.5) is 11.6 Å². The maximum absolute atomic E-state index is 12.7. The van der Waals surface area contributed by atoms with Gasteiger partial charge in [-0.2, -0.15) is 4.98 Å². The van der Waals surface area contributed by atoms with Crippen molar-refractivity contribution < 1.29 is 8.42 Å². The van der Waals surface area contributed by atoms with Crippen molar-refractivity contribution in [3.63, 3.8) is 0 Å². The third kappa shape index (κ3) is 3.76. The lowest BCUT2D eigenvalue weighted by molar-refractivity contribution is 0.515. The Labute approximate surface area is 169 Å². The molecule has 2 aromatic heterocycles. The maximum Gasteiger partial charge on any atom is 0.252 e. The van der Waals surface area contributed by atoms with E-state index in [1.54, 1.807) is 30.5 Å². The molecule has 1 N–H and O–H groups in total. The molecule has 0 bridgehead atoms. The van der Waals surface area contributed by atoms with Crippen molar-refractivity contribution in [2.75, 3.05) is 11.6 Å². The summed E-state index contributed by atoms with van der Waals surface area (Å²) in [4.78, 5) is 22.1. The number of nitrogens with zero attached hydrogens (tertiary/aromatic N) is 3. The van der Waals surface area contributed by atoms with Crippen LogP contribution in [0.5, 0.6) is 0 Å². The Morgan fingerprint density at radius 2 is 1.83 bits per heavy atom. The van der Waals surface area contributed by atoms with Gasteiger partial charge in [-0.05, 0) is 56.0 Å². The van der Waals surface area contributed by atoms with Crippen molar-refractivity contribution >= 4 is 32.5 Å². The van der Waals surface area contributed by atoms with E-state index in [2.05, 4.69) is 15.3 Å². The van der Waals surface area contributed by atoms with Gasteiger partial charge in [0.1, 0.15) is 5.65 Å². The summed E-state index contributed by atoms with van der Waals surface area (Å²) in [5.41, 5.74) is 2.97. The van der Waals surface area contributed by atoms with Crippen LogP contribution < -0.4 is 10.9 Å². The largest absolute Gasteiger partial charge is 0.324 e. The number of anilines is 2. The SMILES string of the molecule is Cc1cc(S(C)(=O)=O)ccc1Nc1ncc2c(C)cc(=O)n(C3CCCC3)c2n1. The first kappa shape index (κ1) is 19.6. The highest BCUT2D eigenvalue weighted by molar-refractivity contribution is 7.90. The molecular weight excluding hydrogens is 388 g/mol. The van der Waals surface area contributed by atoms with E-state index in [1.165, 1.54) is 6.26 Å². The van der Waals surface area contributed by atoms with Gasteiger partial charge < -0.3 is 5.32 Å². The second-order valence-corrected chi connectivity index (χ2v) is 9.79. The van der Waals surface area contributed by atoms with E-state index in [1.807, 2.05) is 18.4 Å². The first-order valence-electron chi connectivity index (χ1n) is 9.70. The minimum Gasteiger partial charge on any atom is -0.324 e. The number of hydrogen-bond acceptors (Lipinski definition) is 6. The van der Waals surface area contributed by atoms with Crippen LogP contribution in [0.1, 0.15) is 42.9 Å². The first-order chi connectivity index (χ1) is 13.7. The fourth-order valence-corrected chi connectivity index (χ4v) is 4.68. The number of hydrogen-bond donors (Lipinski definition) is 1. The Morgan fingerprint density at radius 1 is 1.10 bits per heavy atom. The molecular formula is C21H24N4O3S. The lowest BCUT2D eigenvalue weighted by Crippen LogP contribution is -2.24. The van der Waals surface area contributed by atoms with Gasteiger partial charge in [0.2, 0.25) is 5.95 Å². The molecule has 1 saturated carbocycles. The molecule has 0 radical (unpaired) electrons. The van der Waals surface area contributed by atoms with Gasteiger partial charge in [-0.3, -0.25) is 9.36 Å². The number of pyridine rings is 1. The second kappa shape index (κ2) is 7.26. The quantitative estimate of drug-likeness (QED) is 0.703. The molecule has 1 aromatic carbocycles. The summed E-state index contributed by atoms with van der Waals surface area (Å²) in [6.07, 6.45) is 7.13. The molecule has 2 heterocycles. The summed E-state index contributed by atoms with van der Waals surface area (Å²) >= 11 is 0. The summed E-state index contributed by atoms with van der Waals surface area (Å²) < 4.78 is 25.3. The number of rotatable bonds is 4. The minimum atomic E-state index is -3.27. The Hall–Kier alpha value is -2.74. The normalized spacial score (nSPS) is 15.1. The molecule has 3 aromatic rings. The molecule has 1 fully saturated rings. The minimum absolute atomic E-state index is 0.0276. The van der Waals surface area contributed by atoms with Gasteiger partial charge in [-0.1, -0.05) is 12.8 Å². The van der Waals surface area contributed by atoms with Gasteiger partial charge in [0, 0.05) is 35.6 Å². The number of sulfone groups is 1. The van der Waals surface area contributed by atoms with Crippen LogP contribution in [0.25, 0.3) is 11.0 Å². The highest BCUT2D eigenvalue weighted by Gasteiger charge is 2.21. The Balaban J connectivity index is 1.78. The second-order valence-electron chi connectivity index (χ2n) is 7.78. The summed E-state index contributed by atoms with van der Waals surface area (Å²) in [6.45, 7) is 3.73. The average Bonchev–Trinajstić information content (AvgIpc) is 3.16. The van der Waals surface area contributed by atoms with Crippen molar-refractivity contribution in [2.24, 2.45) is 0 Å². The van der Waals surface area contributed by atoms with E-state index in [-0.39, 0.29) is 16.5 Å². The first-order valence-corrected chi connectivity index (χ1v) is 11.6. The van der Waals surface area contributed by atoms with Gasteiger partial charge in [0.05, 0.1) is 4.90 Å². The molecule has 7 nitrogen and oxygen atoms in total. The van der Waals surface area contributed by atoms with Gasteiger partial charge in [-0.25, -0.2) is 13.4 Å². The third-order valence-corrected chi connectivity index (χ3v) is 6.67. The summed E-state index contributed by atoms with van der Waals surface area (Å²) in [6, 6.07) is 6.72. The number of fused-ring (bicyclic) bond motifs is 1. The van der Waals surface area contributed by atoms with E-state index >= 15 is 0 Å². The monoisotopic (exact) mass is 412 g/mol. The van der Waals surface area contributed by atoms with E-state index in [0.29, 0.717) is 11.6 Å². The van der Waals surface area contributed by atoms with Crippen LogP contribution in [0.3, 0.4) is 0 Å². The predicted octanol–water partition coefficient (Wildman–Crippen LogP) is 3.67. The highest BCUT2D eigenvalue weighted by Crippen LogP contribution is 2.31. The predicted molar refractivity (Wildman–Crippen MR) is 114 cm³/mol. The zero-order valence-electron chi connectivity index (χ0n) is 16.8. The van der Waals surface area contributed by atoms with E-state index in [9.17, 15) is 13.2 Å². The van der Waals surface area contributed by atoms with Gasteiger partial charge in [0.25, 0.3) is 5.56 Å². The van der Waals surface area contributed by atoms with E-state index in [4.69, 9.17) is 0 Å². The smallest absolute Gasteiger partial charge is 0.252 e. The molecule has 4 rings (SSSR count).